The highest BCUT2D eigenvalue weighted by atomic mass is 19.1. The van der Waals surface area contributed by atoms with Crippen LogP contribution in [0.2, 0.25) is 0 Å². The average molecular weight is 447 g/mol. The first-order valence-corrected chi connectivity index (χ1v) is 11.1. The van der Waals surface area contributed by atoms with Crippen molar-refractivity contribution in [2.75, 3.05) is 11.9 Å². The highest BCUT2D eigenvalue weighted by Crippen LogP contribution is 2.37. The van der Waals surface area contributed by atoms with Crippen LogP contribution in [0, 0.1) is 5.82 Å². The molecule has 2 atom stereocenters. The lowest BCUT2D eigenvalue weighted by atomic mass is 9.88. The lowest BCUT2D eigenvalue weighted by Gasteiger charge is -2.37. The van der Waals surface area contributed by atoms with E-state index in [0.29, 0.717) is 24.4 Å². The number of benzene rings is 3. The number of rotatable bonds is 6. The minimum absolute atomic E-state index is 0.0194. The molecule has 0 saturated carbocycles. The van der Waals surface area contributed by atoms with E-state index in [1.807, 2.05) is 60.4 Å². The average Bonchev–Trinajstić information content (AvgIpc) is 2.83. The van der Waals surface area contributed by atoms with Crippen LogP contribution in [-0.4, -0.2) is 29.4 Å². The van der Waals surface area contributed by atoms with Crippen LogP contribution >= 0.6 is 0 Å². The highest BCUT2D eigenvalue weighted by Gasteiger charge is 2.31. The smallest absolute Gasteiger partial charge is 0.265 e. The Labute approximate surface area is 193 Å². The third kappa shape index (κ3) is 5.06. The Bertz CT molecular complexity index is 1130. The van der Waals surface area contributed by atoms with E-state index in [1.165, 1.54) is 24.3 Å². The van der Waals surface area contributed by atoms with Crippen LogP contribution in [0.25, 0.3) is 0 Å². The van der Waals surface area contributed by atoms with Crippen LogP contribution < -0.4 is 10.1 Å². The van der Waals surface area contributed by atoms with Gasteiger partial charge in [-0.25, -0.2) is 4.39 Å². The molecular weight excluding hydrogens is 419 g/mol. The number of nitrogens with one attached hydrogen (secondary N) is 1. The van der Waals surface area contributed by atoms with Crippen molar-refractivity contribution >= 4 is 17.5 Å². The van der Waals surface area contributed by atoms with E-state index in [0.717, 1.165) is 23.1 Å². The monoisotopic (exact) mass is 446 g/mol. The quantitative estimate of drug-likeness (QED) is 0.572. The number of carbonyl (C=O) groups excluding carboxylic acids is 2. The molecule has 4 rings (SSSR count). The number of halogens is 1. The summed E-state index contributed by atoms with van der Waals surface area (Å²) in [6.45, 7) is 4.12. The second-order valence-electron chi connectivity index (χ2n) is 8.15. The fourth-order valence-corrected chi connectivity index (χ4v) is 4.24. The van der Waals surface area contributed by atoms with Crippen LogP contribution in [0.15, 0.2) is 72.8 Å². The summed E-state index contributed by atoms with van der Waals surface area (Å²) in [5, 5.41) is 2.78. The van der Waals surface area contributed by atoms with Crippen molar-refractivity contribution in [3.63, 3.8) is 0 Å². The largest absolute Gasteiger partial charge is 0.481 e. The van der Waals surface area contributed by atoms with Gasteiger partial charge in [0.2, 0.25) is 5.91 Å². The van der Waals surface area contributed by atoms with Gasteiger partial charge in [-0.05, 0) is 65.9 Å². The molecule has 0 unspecified atom stereocenters. The number of fused-ring (bicyclic) bond motifs is 1. The second kappa shape index (κ2) is 9.86. The third-order valence-corrected chi connectivity index (χ3v) is 5.92. The molecule has 1 heterocycles. The van der Waals surface area contributed by atoms with Crippen molar-refractivity contribution in [3.05, 3.63) is 95.3 Å². The molecule has 170 valence electrons. The summed E-state index contributed by atoms with van der Waals surface area (Å²) < 4.78 is 19.2. The van der Waals surface area contributed by atoms with Crippen LogP contribution in [0.3, 0.4) is 0 Å². The Balaban J connectivity index is 1.59. The molecule has 1 aliphatic rings. The maximum Gasteiger partial charge on any atom is 0.265 e. The molecule has 1 aliphatic heterocycles. The van der Waals surface area contributed by atoms with Crippen molar-refractivity contribution in [1.29, 1.82) is 0 Å². The standard InChI is InChI=1S/C27H27FN2O3/c1-3-25(27(32)29-22-12-10-21(28)11-13-22)33-23-14-9-19-15-16-30(18(2)31)26(24(19)17-23)20-7-5-4-6-8-20/h4-14,17,25-26H,3,15-16H2,1-2H3,(H,29,32)/t25-,26-/m0/s1. The minimum Gasteiger partial charge on any atom is -0.481 e. The Hall–Kier alpha value is -3.67. The predicted octanol–water partition coefficient (Wildman–Crippen LogP) is 5.12. The maximum atomic E-state index is 13.1. The van der Waals surface area contributed by atoms with Crippen molar-refractivity contribution in [1.82, 2.24) is 4.90 Å². The SMILES string of the molecule is CC[C@H](Oc1ccc2c(c1)[C@H](c1ccccc1)N(C(C)=O)CC2)C(=O)Nc1ccc(F)cc1. The molecule has 6 heteroatoms. The summed E-state index contributed by atoms with van der Waals surface area (Å²) in [5.74, 6) is -0.0724. The first kappa shape index (κ1) is 22.5. The summed E-state index contributed by atoms with van der Waals surface area (Å²) in [6.07, 6.45) is 0.517. The first-order valence-electron chi connectivity index (χ1n) is 11.1. The van der Waals surface area contributed by atoms with Gasteiger partial charge >= 0.3 is 0 Å². The van der Waals surface area contributed by atoms with Gasteiger partial charge in [0, 0.05) is 19.2 Å². The van der Waals surface area contributed by atoms with E-state index < -0.39 is 6.10 Å². The molecular formula is C27H27FN2O3. The molecule has 0 fully saturated rings. The highest BCUT2D eigenvalue weighted by molar-refractivity contribution is 5.94. The summed E-state index contributed by atoms with van der Waals surface area (Å²) in [7, 11) is 0. The van der Waals surface area contributed by atoms with Gasteiger partial charge in [0.05, 0.1) is 6.04 Å². The summed E-state index contributed by atoms with van der Waals surface area (Å²) in [4.78, 5) is 27.0. The number of amides is 2. The summed E-state index contributed by atoms with van der Waals surface area (Å²) in [5.41, 5.74) is 3.72. The molecule has 3 aromatic carbocycles. The van der Waals surface area contributed by atoms with E-state index >= 15 is 0 Å². The molecule has 0 radical (unpaired) electrons. The molecule has 1 N–H and O–H groups in total. The number of ether oxygens (including phenoxy) is 1. The Morgan fingerprint density at radius 1 is 1.09 bits per heavy atom. The van der Waals surface area contributed by atoms with Gasteiger partial charge in [-0.3, -0.25) is 9.59 Å². The minimum atomic E-state index is -0.712. The van der Waals surface area contributed by atoms with Gasteiger partial charge in [-0.15, -0.1) is 0 Å². The number of carbonyl (C=O) groups is 2. The van der Waals surface area contributed by atoms with Gasteiger partial charge in [-0.1, -0.05) is 43.3 Å². The van der Waals surface area contributed by atoms with Gasteiger partial charge in [-0.2, -0.15) is 0 Å². The van der Waals surface area contributed by atoms with Crippen molar-refractivity contribution in [2.45, 2.75) is 38.8 Å². The topological polar surface area (TPSA) is 58.6 Å². The first-order chi connectivity index (χ1) is 16.0. The zero-order valence-electron chi connectivity index (χ0n) is 18.8. The fourth-order valence-electron chi connectivity index (χ4n) is 4.24. The number of nitrogens with zero attached hydrogens (tertiary/aromatic N) is 1. The van der Waals surface area contributed by atoms with Gasteiger partial charge in [0.1, 0.15) is 11.6 Å². The second-order valence-corrected chi connectivity index (χ2v) is 8.15. The van der Waals surface area contributed by atoms with Gasteiger partial charge < -0.3 is 15.0 Å². The molecule has 0 aliphatic carbocycles. The van der Waals surface area contributed by atoms with Crippen molar-refractivity contribution < 1.29 is 18.7 Å². The van der Waals surface area contributed by atoms with Crippen LogP contribution in [-0.2, 0) is 16.0 Å². The molecule has 33 heavy (non-hydrogen) atoms. The van der Waals surface area contributed by atoms with E-state index in [2.05, 4.69) is 5.32 Å². The van der Waals surface area contributed by atoms with E-state index in [9.17, 15) is 14.0 Å². The predicted molar refractivity (Wildman–Crippen MR) is 126 cm³/mol. The number of hydrogen-bond acceptors (Lipinski definition) is 3. The van der Waals surface area contributed by atoms with Crippen LogP contribution in [0.4, 0.5) is 10.1 Å². The normalized spacial score (nSPS) is 16.0. The van der Waals surface area contributed by atoms with Gasteiger partial charge in [0.15, 0.2) is 6.10 Å². The zero-order chi connectivity index (χ0) is 23.4. The molecule has 0 aromatic heterocycles. The molecule has 3 aromatic rings. The number of hydrogen-bond donors (Lipinski definition) is 1. The van der Waals surface area contributed by atoms with E-state index in [4.69, 9.17) is 4.74 Å². The summed E-state index contributed by atoms with van der Waals surface area (Å²) >= 11 is 0. The summed E-state index contributed by atoms with van der Waals surface area (Å²) in [6, 6.07) is 21.2. The van der Waals surface area contributed by atoms with Gasteiger partial charge in [0.25, 0.3) is 5.91 Å². The molecule has 2 amide bonds. The lowest BCUT2D eigenvalue weighted by Crippen LogP contribution is -2.39. The van der Waals surface area contributed by atoms with Crippen molar-refractivity contribution in [2.24, 2.45) is 0 Å². The van der Waals surface area contributed by atoms with Crippen LogP contribution in [0.1, 0.15) is 43.0 Å². The van der Waals surface area contributed by atoms with Crippen LogP contribution in [0.5, 0.6) is 5.75 Å². The Kier molecular flexibility index (Phi) is 6.73. The van der Waals surface area contributed by atoms with E-state index in [1.54, 1.807) is 6.92 Å². The maximum absolute atomic E-state index is 13.1. The fraction of sp³-hybridized carbons (Fsp3) is 0.259. The molecule has 5 nitrogen and oxygen atoms in total. The zero-order valence-corrected chi connectivity index (χ0v) is 18.8. The molecule has 0 saturated heterocycles. The third-order valence-electron chi connectivity index (χ3n) is 5.92. The lowest BCUT2D eigenvalue weighted by molar-refractivity contribution is -0.130. The molecule has 0 bridgehead atoms. The van der Waals surface area contributed by atoms with E-state index in [-0.39, 0.29) is 23.7 Å². The Morgan fingerprint density at radius 2 is 1.82 bits per heavy atom. The Morgan fingerprint density at radius 3 is 2.48 bits per heavy atom. The number of anilines is 1. The van der Waals surface area contributed by atoms with Crippen molar-refractivity contribution in [3.8, 4) is 5.75 Å². The molecule has 0 spiro atoms.